The van der Waals surface area contributed by atoms with Gasteiger partial charge in [-0.05, 0) is 42.0 Å². The van der Waals surface area contributed by atoms with Crippen LogP contribution in [0.4, 0.5) is 5.69 Å². The van der Waals surface area contributed by atoms with Crippen molar-refractivity contribution in [1.29, 1.82) is 5.26 Å². The Bertz CT molecular complexity index is 910. The number of anilines is 1. The van der Waals surface area contributed by atoms with Crippen molar-refractivity contribution in [3.8, 4) is 6.07 Å². The van der Waals surface area contributed by atoms with Gasteiger partial charge in [0.25, 0.3) is 5.91 Å². The number of rotatable bonds is 2. The van der Waals surface area contributed by atoms with E-state index < -0.39 is 0 Å². The number of benzene rings is 2. The van der Waals surface area contributed by atoms with Crippen molar-refractivity contribution in [3.05, 3.63) is 77.0 Å². The Balaban J connectivity index is 1.58. The van der Waals surface area contributed by atoms with Crippen LogP contribution in [0.1, 0.15) is 23.1 Å². The molecule has 2 aliphatic rings. The maximum Gasteiger partial charge on any atom is 0.270 e. The fraction of sp³-hybridized carbons (Fsp3) is 0.273. The molecule has 130 valence electrons. The van der Waals surface area contributed by atoms with Crippen LogP contribution in [0.2, 0.25) is 0 Å². The highest BCUT2D eigenvalue weighted by atomic mass is 16.2. The molecule has 1 amide bonds. The van der Waals surface area contributed by atoms with Crippen molar-refractivity contribution in [2.75, 3.05) is 18.0 Å². The summed E-state index contributed by atoms with van der Waals surface area (Å²) < 4.78 is 0. The molecule has 26 heavy (non-hydrogen) atoms. The first-order valence-corrected chi connectivity index (χ1v) is 9.09. The lowest BCUT2D eigenvalue weighted by molar-refractivity contribution is -0.114. The summed E-state index contributed by atoms with van der Waals surface area (Å²) in [7, 11) is 0. The van der Waals surface area contributed by atoms with E-state index in [2.05, 4.69) is 35.2 Å². The molecule has 0 aromatic heterocycles. The van der Waals surface area contributed by atoms with Gasteiger partial charge in [0, 0.05) is 31.5 Å². The molecule has 0 fully saturated rings. The van der Waals surface area contributed by atoms with Crippen LogP contribution >= 0.6 is 0 Å². The fourth-order valence-corrected chi connectivity index (χ4v) is 3.83. The van der Waals surface area contributed by atoms with Gasteiger partial charge in [0.2, 0.25) is 0 Å². The van der Waals surface area contributed by atoms with Gasteiger partial charge in [0.1, 0.15) is 11.6 Å². The van der Waals surface area contributed by atoms with E-state index in [9.17, 15) is 10.1 Å². The van der Waals surface area contributed by atoms with E-state index in [0.717, 1.165) is 38.0 Å². The molecule has 4 heteroatoms. The monoisotopic (exact) mass is 343 g/mol. The third kappa shape index (κ3) is 3.09. The van der Waals surface area contributed by atoms with Gasteiger partial charge in [-0.1, -0.05) is 42.5 Å². The Kier molecular flexibility index (Phi) is 4.45. The quantitative estimate of drug-likeness (QED) is 0.620. The average Bonchev–Trinajstić information content (AvgIpc) is 2.71. The van der Waals surface area contributed by atoms with Crippen LogP contribution in [0.15, 0.2) is 60.3 Å². The molecule has 0 saturated heterocycles. The van der Waals surface area contributed by atoms with E-state index in [4.69, 9.17) is 0 Å². The maximum absolute atomic E-state index is 13.0. The Morgan fingerprint density at radius 1 is 0.962 bits per heavy atom. The van der Waals surface area contributed by atoms with E-state index in [1.165, 1.54) is 16.7 Å². The Morgan fingerprint density at radius 2 is 1.69 bits per heavy atom. The molecule has 0 aliphatic carbocycles. The highest BCUT2D eigenvalue weighted by molar-refractivity contribution is 6.08. The largest absolute Gasteiger partial charge is 0.371 e. The number of carbonyl (C=O) groups excluding carboxylic acids is 1. The molecule has 0 N–H and O–H groups in total. The Morgan fingerprint density at radius 3 is 2.50 bits per heavy atom. The van der Waals surface area contributed by atoms with Crippen LogP contribution in [0.5, 0.6) is 0 Å². The predicted molar refractivity (Wildman–Crippen MR) is 101 cm³/mol. The zero-order valence-electron chi connectivity index (χ0n) is 14.7. The molecule has 0 radical (unpaired) electrons. The van der Waals surface area contributed by atoms with Crippen LogP contribution in [-0.4, -0.2) is 23.9 Å². The minimum atomic E-state index is -0.196. The zero-order valence-corrected chi connectivity index (χ0v) is 14.7. The number of nitrogens with zero attached hydrogens (tertiary/aromatic N) is 3. The van der Waals surface area contributed by atoms with Gasteiger partial charge in [-0.25, -0.2) is 0 Å². The summed E-state index contributed by atoms with van der Waals surface area (Å²) in [4.78, 5) is 16.9. The van der Waals surface area contributed by atoms with Gasteiger partial charge in [0.05, 0.1) is 0 Å². The fourth-order valence-electron chi connectivity index (χ4n) is 3.83. The Labute approximate surface area is 154 Å². The molecule has 0 spiro atoms. The standard InChI is InChI=1S/C22H21N3O/c23-14-20(16-24-13-11-17-6-1-2-8-19(17)15-24)22(26)25-12-5-9-18-7-3-4-10-21(18)25/h1-4,6-8,10,16H,5,9,11-13,15H2/b20-16-. The van der Waals surface area contributed by atoms with Gasteiger partial charge in [-0.2, -0.15) is 5.26 Å². The molecule has 2 aromatic rings. The van der Waals surface area contributed by atoms with Gasteiger partial charge in [-0.3, -0.25) is 4.79 Å². The molecular weight excluding hydrogens is 322 g/mol. The van der Waals surface area contributed by atoms with Crippen molar-refractivity contribution in [3.63, 3.8) is 0 Å². The molecule has 0 bridgehead atoms. The van der Waals surface area contributed by atoms with Crippen LogP contribution in [0, 0.1) is 11.3 Å². The number of hydrogen-bond acceptors (Lipinski definition) is 3. The van der Waals surface area contributed by atoms with Crippen LogP contribution in [-0.2, 0) is 24.2 Å². The normalized spacial score (nSPS) is 16.5. The second kappa shape index (κ2) is 7.05. The van der Waals surface area contributed by atoms with Crippen molar-refractivity contribution in [1.82, 2.24) is 4.90 Å². The highest BCUT2D eigenvalue weighted by Gasteiger charge is 2.25. The van der Waals surface area contributed by atoms with Crippen molar-refractivity contribution < 1.29 is 4.79 Å². The zero-order chi connectivity index (χ0) is 17.9. The number of hydrogen-bond donors (Lipinski definition) is 0. The second-order valence-electron chi connectivity index (χ2n) is 6.83. The molecule has 2 aromatic carbocycles. The lowest BCUT2D eigenvalue weighted by Crippen LogP contribution is -2.37. The first-order chi connectivity index (χ1) is 12.8. The summed E-state index contributed by atoms with van der Waals surface area (Å²) >= 11 is 0. The maximum atomic E-state index is 13.0. The average molecular weight is 343 g/mol. The number of amides is 1. The minimum absolute atomic E-state index is 0.196. The SMILES string of the molecule is N#C/C(=C/N1CCc2ccccc2C1)C(=O)N1CCCc2ccccc21. The summed E-state index contributed by atoms with van der Waals surface area (Å²) in [5.74, 6) is -0.196. The highest BCUT2D eigenvalue weighted by Crippen LogP contribution is 2.28. The lowest BCUT2D eigenvalue weighted by Gasteiger charge is -2.31. The number of aryl methyl sites for hydroxylation is 1. The third-order valence-electron chi connectivity index (χ3n) is 5.18. The van der Waals surface area contributed by atoms with Gasteiger partial charge in [0.15, 0.2) is 0 Å². The smallest absolute Gasteiger partial charge is 0.270 e. The molecule has 0 unspecified atom stereocenters. The third-order valence-corrected chi connectivity index (χ3v) is 5.18. The van der Waals surface area contributed by atoms with Crippen LogP contribution in [0.3, 0.4) is 0 Å². The molecule has 2 heterocycles. The van der Waals surface area contributed by atoms with Gasteiger partial charge in [-0.15, -0.1) is 0 Å². The van der Waals surface area contributed by atoms with E-state index in [1.807, 2.05) is 24.3 Å². The summed E-state index contributed by atoms with van der Waals surface area (Å²) in [5, 5.41) is 9.61. The summed E-state index contributed by atoms with van der Waals surface area (Å²) in [6.45, 7) is 2.23. The van der Waals surface area contributed by atoms with E-state index in [0.29, 0.717) is 6.54 Å². The van der Waals surface area contributed by atoms with Crippen molar-refractivity contribution in [2.24, 2.45) is 0 Å². The Hall–Kier alpha value is -3.06. The molecule has 4 nitrogen and oxygen atoms in total. The minimum Gasteiger partial charge on any atom is -0.371 e. The first kappa shape index (κ1) is 16.4. The predicted octanol–water partition coefficient (Wildman–Crippen LogP) is 3.43. The molecule has 0 atom stereocenters. The number of fused-ring (bicyclic) bond motifs is 2. The summed E-state index contributed by atoms with van der Waals surface area (Å²) in [6, 6.07) is 18.5. The van der Waals surface area contributed by atoms with E-state index in [1.54, 1.807) is 11.1 Å². The number of carbonyl (C=O) groups is 1. The molecule has 2 aliphatic heterocycles. The van der Waals surface area contributed by atoms with Crippen LogP contribution < -0.4 is 4.90 Å². The van der Waals surface area contributed by atoms with Gasteiger partial charge < -0.3 is 9.80 Å². The lowest BCUT2D eigenvalue weighted by atomic mass is 9.99. The molecule has 0 saturated carbocycles. The molecular formula is C22H21N3O. The first-order valence-electron chi connectivity index (χ1n) is 9.09. The topological polar surface area (TPSA) is 47.3 Å². The van der Waals surface area contributed by atoms with Gasteiger partial charge >= 0.3 is 0 Å². The second-order valence-corrected chi connectivity index (χ2v) is 6.83. The van der Waals surface area contributed by atoms with Crippen LogP contribution in [0.25, 0.3) is 0 Å². The summed E-state index contributed by atoms with van der Waals surface area (Å²) in [6.07, 6.45) is 4.59. The van der Waals surface area contributed by atoms with E-state index >= 15 is 0 Å². The summed E-state index contributed by atoms with van der Waals surface area (Å²) in [5.41, 5.74) is 4.95. The van der Waals surface area contributed by atoms with Crippen molar-refractivity contribution >= 4 is 11.6 Å². The number of nitriles is 1. The molecule has 4 rings (SSSR count). The van der Waals surface area contributed by atoms with E-state index in [-0.39, 0.29) is 11.5 Å². The van der Waals surface area contributed by atoms with Crippen molar-refractivity contribution in [2.45, 2.75) is 25.8 Å². The number of para-hydroxylation sites is 1.